The molecule has 0 aromatic heterocycles. The van der Waals surface area contributed by atoms with Gasteiger partial charge in [0.25, 0.3) is 0 Å². The Morgan fingerprint density at radius 2 is 1.03 bits per heavy atom. The third-order valence-corrected chi connectivity index (χ3v) is 20.6. The molecule has 2 aromatic carbocycles. The van der Waals surface area contributed by atoms with Gasteiger partial charge >= 0.3 is 25.8 Å². The Morgan fingerprint density at radius 3 is 1.34 bits per heavy atom. The third-order valence-electron chi connectivity index (χ3n) is 8.84. The van der Waals surface area contributed by atoms with Gasteiger partial charge in [-0.2, -0.15) is 11.1 Å². The molecule has 2 unspecified atom stereocenters. The second-order valence-electron chi connectivity index (χ2n) is 10.7. The number of halogens is 2. The first-order valence-corrected chi connectivity index (χ1v) is 18.5. The Bertz CT molecular complexity index is 929. The smallest absolute Gasteiger partial charge is 1.00 e. The SMILES string of the molecule is CCC[Si]1(C2[C-]=Cc3ccccc32)CCC1.CCC[Si]1(C2[C-]=Cc3ccccc32)CCC1.[Cl-].[Cl-].[Hf+4]. The van der Waals surface area contributed by atoms with Crippen molar-refractivity contribution in [2.45, 2.75) is 86.9 Å². The molecule has 2 aliphatic heterocycles. The maximum absolute atomic E-state index is 3.69. The molecule has 184 valence electrons. The minimum absolute atomic E-state index is 0. The van der Waals surface area contributed by atoms with Crippen molar-refractivity contribution in [1.82, 2.24) is 0 Å². The average Bonchev–Trinajstić information content (AvgIpc) is 3.39. The van der Waals surface area contributed by atoms with Crippen LogP contribution in [-0.4, -0.2) is 16.1 Å². The summed E-state index contributed by atoms with van der Waals surface area (Å²) in [5.41, 5.74) is 7.48. The van der Waals surface area contributed by atoms with E-state index in [2.05, 4.69) is 86.7 Å². The quantitative estimate of drug-likeness (QED) is 0.321. The van der Waals surface area contributed by atoms with Crippen LogP contribution >= 0.6 is 0 Å². The third kappa shape index (κ3) is 5.95. The molecule has 4 aliphatic rings. The molecule has 0 N–H and O–H groups in total. The first-order valence-electron chi connectivity index (χ1n) is 13.1. The Hall–Kier alpha value is -0.196. The Labute approximate surface area is 247 Å². The second-order valence-corrected chi connectivity index (χ2v) is 20.3. The van der Waals surface area contributed by atoms with Crippen molar-refractivity contribution in [2.24, 2.45) is 0 Å². The first kappa shape index (κ1) is 31.0. The molecule has 2 heterocycles. The molecule has 0 nitrogen and oxygen atoms in total. The molecule has 0 spiro atoms. The summed E-state index contributed by atoms with van der Waals surface area (Å²) in [5, 5.41) is 0. The summed E-state index contributed by atoms with van der Waals surface area (Å²) in [6.07, 6.45) is 17.5. The Kier molecular flexibility index (Phi) is 12.0. The largest absolute Gasteiger partial charge is 4.00 e. The first-order chi connectivity index (χ1) is 15.7. The van der Waals surface area contributed by atoms with Crippen molar-refractivity contribution in [3.05, 3.63) is 82.9 Å². The summed E-state index contributed by atoms with van der Waals surface area (Å²) in [4.78, 5) is 0. The molecule has 2 aliphatic carbocycles. The second kappa shape index (κ2) is 13.6. The Balaban J connectivity index is 0.000000227. The van der Waals surface area contributed by atoms with Gasteiger partial charge in [0, 0.05) is 16.1 Å². The number of benzene rings is 2. The molecular formula is C30H38Cl2HfSi2. The predicted octanol–water partition coefficient (Wildman–Crippen LogP) is 2.81. The monoisotopic (exact) mass is 704 g/mol. The molecule has 0 bridgehead atoms. The number of hydrogen-bond donors (Lipinski definition) is 0. The van der Waals surface area contributed by atoms with E-state index in [0.717, 1.165) is 11.1 Å². The van der Waals surface area contributed by atoms with E-state index in [4.69, 9.17) is 0 Å². The van der Waals surface area contributed by atoms with Crippen molar-refractivity contribution in [3.8, 4) is 0 Å². The van der Waals surface area contributed by atoms with Crippen LogP contribution in [0.2, 0.25) is 36.3 Å². The van der Waals surface area contributed by atoms with Crippen molar-refractivity contribution < 1.29 is 50.7 Å². The van der Waals surface area contributed by atoms with Gasteiger partial charge in [-0.15, -0.1) is 23.3 Å². The van der Waals surface area contributed by atoms with Crippen LogP contribution in [0.15, 0.2) is 48.5 Å². The van der Waals surface area contributed by atoms with Crippen molar-refractivity contribution in [1.29, 1.82) is 0 Å². The number of rotatable bonds is 6. The molecule has 2 aromatic rings. The molecule has 0 radical (unpaired) electrons. The molecule has 6 rings (SSSR count). The maximum Gasteiger partial charge on any atom is 4.00 e. The fourth-order valence-electron chi connectivity index (χ4n) is 6.97. The van der Waals surface area contributed by atoms with E-state index < -0.39 is 16.1 Å². The van der Waals surface area contributed by atoms with E-state index in [0.29, 0.717) is 0 Å². The van der Waals surface area contributed by atoms with Gasteiger partial charge < -0.3 is 24.8 Å². The van der Waals surface area contributed by atoms with Gasteiger partial charge in [-0.05, 0) is 0 Å². The van der Waals surface area contributed by atoms with Gasteiger partial charge in [0.2, 0.25) is 0 Å². The molecule has 0 saturated carbocycles. The van der Waals surface area contributed by atoms with E-state index in [1.54, 1.807) is 35.3 Å². The van der Waals surface area contributed by atoms with Gasteiger partial charge in [0.05, 0.1) is 0 Å². The summed E-state index contributed by atoms with van der Waals surface area (Å²) < 4.78 is 0. The van der Waals surface area contributed by atoms with Crippen LogP contribution in [0.25, 0.3) is 12.2 Å². The normalized spacial score (nSPS) is 23.0. The van der Waals surface area contributed by atoms with Crippen LogP contribution < -0.4 is 24.8 Å². The zero-order valence-electron chi connectivity index (χ0n) is 21.3. The van der Waals surface area contributed by atoms with Gasteiger partial charge in [0.15, 0.2) is 0 Å². The fourth-order valence-corrected chi connectivity index (χ4v) is 16.9. The molecule has 5 heteroatoms. The van der Waals surface area contributed by atoms with Crippen LogP contribution in [0.1, 0.15) is 72.9 Å². The summed E-state index contributed by atoms with van der Waals surface area (Å²) in [5.74, 6) is 0. The molecular weight excluding hydrogens is 666 g/mol. The number of hydrogen-bond acceptors (Lipinski definition) is 0. The summed E-state index contributed by atoms with van der Waals surface area (Å²) in [6, 6.07) is 27.0. The standard InChI is InChI=1S/2C15H19Si.2ClH.Hf/c2*1-2-10-16(11-5-12-16)15-9-8-13-6-3-4-7-14(13)15;;;/h2*3-4,6-8,15H,2,5,10-12H2,1H3;2*1H;/q2*-1;;;+4/p-2. The average molecular weight is 704 g/mol. The molecule has 35 heavy (non-hydrogen) atoms. The van der Waals surface area contributed by atoms with E-state index in [9.17, 15) is 0 Å². The van der Waals surface area contributed by atoms with Crippen molar-refractivity contribution >= 4 is 28.3 Å². The van der Waals surface area contributed by atoms with Crippen LogP contribution in [0.4, 0.5) is 0 Å². The predicted molar refractivity (Wildman–Crippen MR) is 144 cm³/mol. The van der Waals surface area contributed by atoms with Gasteiger partial charge in [-0.25, -0.2) is 12.2 Å². The molecule has 2 atom stereocenters. The Morgan fingerprint density at radius 1 is 0.657 bits per heavy atom. The van der Waals surface area contributed by atoms with Crippen molar-refractivity contribution in [3.63, 3.8) is 0 Å². The maximum atomic E-state index is 3.69. The van der Waals surface area contributed by atoms with Crippen molar-refractivity contribution in [2.75, 3.05) is 0 Å². The fraction of sp³-hybridized carbons (Fsp3) is 0.467. The van der Waals surface area contributed by atoms with Crippen LogP contribution in [0.5, 0.6) is 0 Å². The summed E-state index contributed by atoms with van der Waals surface area (Å²) in [7, 11) is -2.01. The molecule has 2 saturated heterocycles. The van der Waals surface area contributed by atoms with Gasteiger partial charge in [0.1, 0.15) is 0 Å². The molecule has 0 amide bonds. The van der Waals surface area contributed by atoms with Gasteiger partial charge in [-0.3, -0.25) is 12.2 Å². The van der Waals surface area contributed by atoms with E-state index >= 15 is 0 Å². The van der Waals surface area contributed by atoms with Crippen LogP contribution in [0.3, 0.4) is 0 Å². The summed E-state index contributed by atoms with van der Waals surface area (Å²) >= 11 is 0. The zero-order valence-corrected chi connectivity index (χ0v) is 28.4. The molecule has 2 fully saturated rings. The van der Waals surface area contributed by atoms with E-state index in [1.807, 2.05) is 0 Å². The number of allylic oxidation sites excluding steroid dienone is 2. The van der Waals surface area contributed by atoms with E-state index in [-0.39, 0.29) is 50.7 Å². The topological polar surface area (TPSA) is 0 Å². The minimum atomic E-state index is -1.00. The number of fused-ring (bicyclic) bond motifs is 2. The van der Waals surface area contributed by atoms with E-state index in [1.165, 1.54) is 48.9 Å². The zero-order chi connectivity index (χ0) is 22.0. The van der Waals surface area contributed by atoms with Gasteiger partial charge in [-0.1, -0.05) is 123 Å². The van der Waals surface area contributed by atoms with Crippen LogP contribution in [0, 0.1) is 12.2 Å². The van der Waals surface area contributed by atoms with Crippen LogP contribution in [-0.2, 0) is 25.8 Å². The minimum Gasteiger partial charge on any atom is -1.00 e. The summed E-state index contributed by atoms with van der Waals surface area (Å²) in [6.45, 7) is 4.69.